The third kappa shape index (κ3) is 3.99. The molecule has 1 saturated heterocycles. The summed E-state index contributed by atoms with van der Waals surface area (Å²) in [6.45, 7) is 1.85. The molecule has 1 aliphatic heterocycles. The SMILES string of the molecule is CC(CC(N)=NO)NC(=O)C1CCSC1. The predicted molar refractivity (Wildman–Crippen MR) is 61.1 cm³/mol. The smallest absolute Gasteiger partial charge is 0.224 e. The zero-order valence-electron chi connectivity index (χ0n) is 8.77. The molecule has 5 nitrogen and oxygen atoms in total. The van der Waals surface area contributed by atoms with E-state index in [1.54, 1.807) is 11.8 Å². The average Bonchev–Trinajstić information content (AvgIpc) is 2.70. The van der Waals surface area contributed by atoms with Crippen LogP contribution in [0.2, 0.25) is 0 Å². The van der Waals surface area contributed by atoms with Crippen LogP contribution in [0.3, 0.4) is 0 Å². The highest BCUT2D eigenvalue weighted by atomic mass is 32.2. The minimum atomic E-state index is -0.0843. The molecule has 86 valence electrons. The van der Waals surface area contributed by atoms with E-state index < -0.39 is 0 Å². The topological polar surface area (TPSA) is 87.7 Å². The Labute approximate surface area is 93.5 Å². The molecular formula is C9H17N3O2S. The van der Waals surface area contributed by atoms with Gasteiger partial charge in [0, 0.05) is 24.1 Å². The number of amides is 1. The zero-order chi connectivity index (χ0) is 11.3. The van der Waals surface area contributed by atoms with Gasteiger partial charge in [0.05, 0.1) is 0 Å². The van der Waals surface area contributed by atoms with E-state index in [4.69, 9.17) is 10.9 Å². The number of nitrogens with zero attached hydrogens (tertiary/aromatic N) is 1. The molecule has 6 heteroatoms. The lowest BCUT2D eigenvalue weighted by molar-refractivity contribution is -0.124. The van der Waals surface area contributed by atoms with Gasteiger partial charge in [-0.2, -0.15) is 11.8 Å². The van der Waals surface area contributed by atoms with Crippen molar-refractivity contribution in [1.82, 2.24) is 5.32 Å². The molecule has 0 spiro atoms. The van der Waals surface area contributed by atoms with Gasteiger partial charge in [0.1, 0.15) is 5.84 Å². The van der Waals surface area contributed by atoms with E-state index in [9.17, 15) is 4.79 Å². The predicted octanol–water partition coefficient (Wildman–Crippen LogP) is 0.381. The van der Waals surface area contributed by atoms with E-state index in [2.05, 4.69) is 10.5 Å². The number of rotatable bonds is 4. The lowest BCUT2D eigenvalue weighted by Gasteiger charge is -2.15. The van der Waals surface area contributed by atoms with E-state index in [-0.39, 0.29) is 23.7 Å². The van der Waals surface area contributed by atoms with Gasteiger partial charge in [-0.1, -0.05) is 5.16 Å². The highest BCUT2D eigenvalue weighted by Gasteiger charge is 2.24. The summed E-state index contributed by atoms with van der Waals surface area (Å²) in [4.78, 5) is 11.7. The van der Waals surface area contributed by atoms with Gasteiger partial charge in [0.25, 0.3) is 0 Å². The van der Waals surface area contributed by atoms with Crippen molar-refractivity contribution in [2.24, 2.45) is 16.8 Å². The van der Waals surface area contributed by atoms with Crippen LogP contribution in [0.4, 0.5) is 0 Å². The second-order valence-electron chi connectivity index (χ2n) is 3.77. The normalized spacial score (nSPS) is 23.8. The van der Waals surface area contributed by atoms with Gasteiger partial charge in [-0.05, 0) is 19.1 Å². The summed E-state index contributed by atoms with van der Waals surface area (Å²) in [5, 5.41) is 14.1. The maximum atomic E-state index is 11.7. The van der Waals surface area contributed by atoms with Crippen molar-refractivity contribution in [1.29, 1.82) is 0 Å². The number of nitrogens with two attached hydrogens (primary N) is 1. The Kier molecular flexibility index (Phi) is 4.74. The van der Waals surface area contributed by atoms with Gasteiger partial charge >= 0.3 is 0 Å². The van der Waals surface area contributed by atoms with Crippen molar-refractivity contribution in [3.05, 3.63) is 0 Å². The number of hydrogen-bond acceptors (Lipinski definition) is 4. The number of thioether (sulfide) groups is 1. The first-order chi connectivity index (χ1) is 7.13. The number of nitrogens with one attached hydrogen (secondary N) is 1. The van der Waals surface area contributed by atoms with Crippen LogP contribution >= 0.6 is 11.8 Å². The van der Waals surface area contributed by atoms with Gasteiger partial charge < -0.3 is 16.3 Å². The van der Waals surface area contributed by atoms with Gasteiger partial charge in [-0.15, -0.1) is 0 Å². The first-order valence-electron chi connectivity index (χ1n) is 4.98. The minimum Gasteiger partial charge on any atom is -0.409 e. The maximum Gasteiger partial charge on any atom is 0.224 e. The Bertz CT molecular complexity index is 252. The van der Waals surface area contributed by atoms with Crippen LogP contribution in [-0.4, -0.2) is 34.5 Å². The van der Waals surface area contributed by atoms with E-state index >= 15 is 0 Å². The molecule has 0 saturated carbocycles. The van der Waals surface area contributed by atoms with Crippen LogP contribution in [0.15, 0.2) is 5.16 Å². The highest BCUT2D eigenvalue weighted by molar-refractivity contribution is 7.99. The summed E-state index contributed by atoms with van der Waals surface area (Å²) in [7, 11) is 0. The Morgan fingerprint density at radius 1 is 1.80 bits per heavy atom. The van der Waals surface area contributed by atoms with Crippen molar-refractivity contribution in [2.75, 3.05) is 11.5 Å². The minimum absolute atomic E-state index is 0.0817. The zero-order valence-corrected chi connectivity index (χ0v) is 9.59. The van der Waals surface area contributed by atoms with Crippen molar-refractivity contribution in [3.8, 4) is 0 Å². The maximum absolute atomic E-state index is 11.7. The average molecular weight is 231 g/mol. The molecule has 2 atom stereocenters. The molecule has 1 heterocycles. The van der Waals surface area contributed by atoms with Crippen LogP contribution in [0.5, 0.6) is 0 Å². The lowest BCUT2D eigenvalue weighted by atomic mass is 10.1. The van der Waals surface area contributed by atoms with Crippen molar-refractivity contribution in [3.63, 3.8) is 0 Å². The summed E-state index contributed by atoms with van der Waals surface area (Å²) in [5.41, 5.74) is 5.35. The Morgan fingerprint density at radius 2 is 2.53 bits per heavy atom. The Hall–Kier alpha value is -0.910. The van der Waals surface area contributed by atoms with E-state index in [1.807, 2.05) is 6.92 Å². The fourth-order valence-corrected chi connectivity index (χ4v) is 2.73. The highest BCUT2D eigenvalue weighted by Crippen LogP contribution is 2.23. The van der Waals surface area contributed by atoms with Crippen molar-refractivity contribution < 1.29 is 10.0 Å². The number of oxime groups is 1. The van der Waals surface area contributed by atoms with Crippen molar-refractivity contribution in [2.45, 2.75) is 25.8 Å². The molecular weight excluding hydrogens is 214 g/mol. The Balaban J connectivity index is 2.30. The second-order valence-corrected chi connectivity index (χ2v) is 4.92. The van der Waals surface area contributed by atoms with E-state index in [0.717, 1.165) is 17.9 Å². The van der Waals surface area contributed by atoms with Crippen LogP contribution in [-0.2, 0) is 4.79 Å². The lowest BCUT2D eigenvalue weighted by Crippen LogP contribution is -2.39. The first kappa shape index (κ1) is 12.2. The summed E-state index contributed by atoms with van der Waals surface area (Å²) in [6, 6.07) is -0.0843. The molecule has 0 bridgehead atoms. The summed E-state index contributed by atoms with van der Waals surface area (Å²) in [6.07, 6.45) is 1.33. The monoisotopic (exact) mass is 231 g/mol. The molecule has 0 aromatic heterocycles. The Morgan fingerprint density at radius 3 is 3.07 bits per heavy atom. The molecule has 1 aliphatic rings. The quantitative estimate of drug-likeness (QED) is 0.282. The third-order valence-corrected chi connectivity index (χ3v) is 3.50. The van der Waals surface area contributed by atoms with Gasteiger partial charge in [0.15, 0.2) is 0 Å². The largest absolute Gasteiger partial charge is 0.409 e. The molecule has 0 aromatic carbocycles. The third-order valence-electron chi connectivity index (χ3n) is 2.33. The number of carbonyl (C=O) groups excluding carboxylic acids is 1. The molecule has 0 aliphatic carbocycles. The second kappa shape index (κ2) is 5.85. The summed E-state index contributed by atoms with van der Waals surface area (Å²) in [5.74, 6) is 2.32. The molecule has 4 N–H and O–H groups in total. The van der Waals surface area contributed by atoms with Crippen LogP contribution < -0.4 is 11.1 Å². The molecule has 1 rings (SSSR count). The fraction of sp³-hybridized carbons (Fsp3) is 0.778. The number of carbonyl (C=O) groups is 1. The first-order valence-corrected chi connectivity index (χ1v) is 6.13. The fourth-order valence-electron chi connectivity index (χ4n) is 1.51. The molecule has 2 unspecified atom stereocenters. The van der Waals surface area contributed by atoms with Crippen LogP contribution in [0, 0.1) is 5.92 Å². The molecule has 0 aromatic rings. The number of amidine groups is 1. The van der Waals surface area contributed by atoms with Crippen molar-refractivity contribution >= 4 is 23.5 Å². The molecule has 15 heavy (non-hydrogen) atoms. The standard InChI is InChI=1S/C9H17N3O2S/c1-6(4-8(10)12-14)11-9(13)7-2-3-15-5-7/h6-7,14H,2-5H2,1H3,(H2,10,12)(H,11,13). The van der Waals surface area contributed by atoms with Gasteiger partial charge in [-0.3, -0.25) is 4.79 Å². The summed E-state index contributed by atoms with van der Waals surface area (Å²) < 4.78 is 0. The molecule has 1 fully saturated rings. The molecule has 1 amide bonds. The van der Waals surface area contributed by atoms with Crippen LogP contribution in [0.25, 0.3) is 0 Å². The van der Waals surface area contributed by atoms with E-state index in [1.165, 1.54) is 0 Å². The van der Waals surface area contributed by atoms with Crippen LogP contribution in [0.1, 0.15) is 19.8 Å². The van der Waals surface area contributed by atoms with E-state index in [0.29, 0.717) is 6.42 Å². The van der Waals surface area contributed by atoms with Gasteiger partial charge in [0.2, 0.25) is 5.91 Å². The number of hydrogen-bond donors (Lipinski definition) is 3. The summed E-state index contributed by atoms with van der Waals surface area (Å²) >= 11 is 1.81. The van der Waals surface area contributed by atoms with Gasteiger partial charge in [-0.25, -0.2) is 0 Å². The molecule has 0 radical (unpaired) electrons.